The number of benzene rings is 1. The molecule has 0 radical (unpaired) electrons. The van der Waals surface area contributed by atoms with E-state index in [1.54, 1.807) is 0 Å². The molecule has 0 saturated heterocycles. The SMILES string of the molecule is CNC(C)c1cccn1Cc1ccc(Br)cc1F. The van der Waals surface area contributed by atoms with E-state index in [1.165, 1.54) is 6.07 Å². The third-order valence-corrected chi connectivity index (χ3v) is 3.59. The van der Waals surface area contributed by atoms with Crippen LogP contribution < -0.4 is 5.32 Å². The minimum atomic E-state index is -0.180. The number of halogens is 2. The summed E-state index contributed by atoms with van der Waals surface area (Å²) < 4.78 is 16.6. The number of nitrogens with one attached hydrogen (secondary N) is 1. The Bertz CT molecular complexity index is 536. The lowest BCUT2D eigenvalue weighted by Gasteiger charge is -2.15. The fourth-order valence-electron chi connectivity index (χ4n) is 1.95. The maximum absolute atomic E-state index is 13.8. The minimum Gasteiger partial charge on any atom is -0.345 e. The molecule has 1 atom stereocenters. The van der Waals surface area contributed by atoms with Gasteiger partial charge < -0.3 is 9.88 Å². The lowest BCUT2D eigenvalue weighted by atomic mass is 10.2. The standard InChI is InChI=1S/C14H16BrFN2/c1-10(17-2)14-4-3-7-18(14)9-11-5-6-12(15)8-13(11)16/h3-8,10,17H,9H2,1-2H3. The van der Waals surface area contributed by atoms with Crippen LogP contribution in [0.1, 0.15) is 24.2 Å². The number of rotatable bonds is 4. The van der Waals surface area contributed by atoms with E-state index in [-0.39, 0.29) is 11.9 Å². The normalized spacial score (nSPS) is 12.7. The van der Waals surface area contributed by atoms with Crippen molar-refractivity contribution in [2.24, 2.45) is 0 Å². The number of hydrogen-bond donors (Lipinski definition) is 1. The van der Waals surface area contributed by atoms with Gasteiger partial charge in [0.15, 0.2) is 0 Å². The monoisotopic (exact) mass is 310 g/mol. The molecule has 0 aliphatic carbocycles. The zero-order valence-electron chi connectivity index (χ0n) is 10.5. The summed E-state index contributed by atoms with van der Waals surface area (Å²) in [6, 6.07) is 9.47. The van der Waals surface area contributed by atoms with Crippen molar-refractivity contribution in [1.29, 1.82) is 0 Å². The molecule has 0 spiro atoms. The molecule has 2 rings (SSSR count). The Balaban J connectivity index is 2.26. The highest BCUT2D eigenvalue weighted by atomic mass is 79.9. The average Bonchev–Trinajstić information content (AvgIpc) is 2.80. The van der Waals surface area contributed by atoms with Crippen LogP contribution in [-0.4, -0.2) is 11.6 Å². The summed E-state index contributed by atoms with van der Waals surface area (Å²) in [5, 5.41) is 3.20. The molecule has 2 nitrogen and oxygen atoms in total. The summed E-state index contributed by atoms with van der Waals surface area (Å²) in [6.07, 6.45) is 1.98. The molecular weight excluding hydrogens is 295 g/mol. The highest BCUT2D eigenvalue weighted by molar-refractivity contribution is 9.10. The lowest BCUT2D eigenvalue weighted by molar-refractivity contribution is 0.567. The molecule has 1 heterocycles. The highest BCUT2D eigenvalue weighted by Crippen LogP contribution is 2.19. The topological polar surface area (TPSA) is 17.0 Å². The molecule has 1 unspecified atom stereocenters. The van der Waals surface area contributed by atoms with Crippen LogP contribution in [0.15, 0.2) is 41.0 Å². The van der Waals surface area contributed by atoms with Gasteiger partial charge >= 0.3 is 0 Å². The number of hydrogen-bond acceptors (Lipinski definition) is 1. The molecule has 0 aliphatic heterocycles. The van der Waals surface area contributed by atoms with Crippen molar-refractivity contribution in [3.8, 4) is 0 Å². The van der Waals surface area contributed by atoms with Crippen molar-refractivity contribution < 1.29 is 4.39 Å². The van der Waals surface area contributed by atoms with E-state index in [1.807, 2.05) is 31.4 Å². The Morgan fingerprint density at radius 2 is 2.17 bits per heavy atom. The molecule has 0 amide bonds. The van der Waals surface area contributed by atoms with Crippen molar-refractivity contribution >= 4 is 15.9 Å². The van der Waals surface area contributed by atoms with Gasteiger partial charge in [0, 0.05) is 28.0 Å². The van der Waals surface area contributed by atoms with Crippen molar-refractivity contribution in [1.82, 2.24) is 9.88 Å². The Labute approximate surface area is 115 Å². The van der Waals surface area contributed by atoms with Gasteiger partial charge in [0.05, 0.1) is 6.54 Å². The van der Waals surface area contributed by atoms with Gasteiger partial charge in [0.1, 0.15) is 5.82 Å². The number of aromatic nitrogens is 1. The van der Waals surface area contributed by atoms with Gasteiger partial charge in [-0.3, -0.25) is 0 Å². The van der Waals surface area contributed by atoms with Gasteiger partial charge in [0.2, 0.25) is 0 Å². The molecule has 18 heavy (non-hydrogen) atoms. The van der Waals surface area contributed by atoms with E-state index in [2.05, 4.69) is 38.8 Å². The molecule has 0 aliphatic rings. The van der Waals surface area contributed by atoms with E-state index >= 15 is 0 Å². The first kappa shape index (κ1) is 13.3. The Hall–Kier alpha value is -1.13. The van der Waals surface area contributed by atoms with Crippen LogP contribution in [-0.2, 0) is 6.54 Å². The predicted molar refractivity (Wildman–Crippen MR) is 75.1 cm³/mol. The van der Waals surface area contributed by atoms with E-state index in [4.69, 9.17) is 0 Å². The first-order chi connectivity index (χ1) is 8.61. The van der Waals surface area contributed by atoms with Gasteiger partial charge in [-0.2, -0.15) is 0 Å². The van der Waals surface area contributed by atoms with Crippen LogP contribution in [0.5, 0.6) is 0 Å². The largest absolute Gasteiger partial charge is 0.345 e. The molecule has 1 aromatic heterocycles. The van der Waals surface area contributed by atoms with Gasteiger partial charge in [-0.15, -0.1) is 0 Å². The van der Waals surface area contributed by atoms with Crippen LogP contribution in [0, 0.1) is 5.82 Å². The molecule has 4 heteroatoms. The second kappa shape index (κ2) is 5.67. The first-order valence-corrected chi connectivity index (χ1v) is 6.67. The van der Waals surface area contributed by atoms with Crippen LogP contribution in [0.3, 0.4) is 0 Å². The maximum atomic E-state index is 13.8. The Kier molecular flexibility index (Phi) is 4.19. The zero-order valence-corrected chi connectivity index (χ0v) is 12.0. The lowest BCUT2D eigenvalue weighted by Crippen LogP contribution is -2.17. The van der Waals surface area contributed by atoms with Gasteiger partial charge in [-0.05, 0) is 38.2 Å². The first-order valence-electron chi connectivity index (χ1n) is 5.88. The van der Waals surface area contributed by atoms with E-state index in [0.717, 1.165) is 10.2 Å². The Morgan fingerprint density at radius 1 is 1.39 bits per heavy atom. The van der Waals surface area contributed by atoms with Gasteiger partial charge in [0.25, 0.3) is 0 Å². The van der Waals surface area contributed by atoms with Crippen LogP contribution in [0.25, 0.3) is 0 Å². The molecule has 0 fully saturated rings. The predicted octanol–water partition coefficient (Wildman–Crippen LogP) is 3.72. The number of nitrogens with zero attached hydrogens (tertiary/aromatic N) is 1. The smallest absolute Gasteiger partial charge is 0.129 e. The molecular formula is C14H16BrFN2. The summed E-state index contributed by atoms with van der Waals surface area (Å²) in [5.74, 6) is -0.180. The van der Waals surface area contributed by atoms with Gasteiger partial charge in [-0.1, -0.05) is 22.0 Å². The summed E-state index contributed by atoms with van der Waals surface area (Å²) in [5.41, 5.74) is 1.85. The quantitative estimate of drug-likeness (QED) is 0.910. The third-order valence-electron chi connectivity index (χ3n) is 3.10. The maximum Gasteiger partial charge on any atom is 0.129 e. The van der Waals surface area contributed by atoms with Crippen molar-refractivity contribution in [3.63, 3.8) is 0 Å². The van der Waals surface area contributed by atoms with Crippen molar-refractivity contribution in [3.05, 3.63) is 58.1 Å². The highest BCUT2D eigenvalue weighted by Gasteiger charge is 2.10. The molecule has 2 aromatic rings. The molecule has 96 valence electrons. The second-order valence-electron chi connectivity index (χ2n) is 4.31. The van der Waals surface area contributed by atoms with E-state index in [0.29, 0.717) is 12.1 Å². The summed E-state index contributed by atoms with van der Waals surface area (Å²) in [4.78, 5) is 0. The van der Waals surface area contributed by atoms with Crippen molar-refractivity contribution in [2.45, 2.75) is 19.5 Å². The van der Waals surface area contributed by atoms with Crippen LogP contribution >= 0.6 is 15.9 Å². The summed E-state index contributed by atoms with van der Waals surface area (Å²) >= 11 is 3.27. The van der Waals surface area contributed by atoms with Crippen LogP contribution in [0.4, 0.5) is 4.39 Å². The average molecular weight is 311 g/mol. The van der Waals surface area contributed by atoms with Crippen LogP contribution in [0.2, 0.25) is 0 Å². The Morgan fingerprint density at radius 3 is 2.83 bits per heavy atom. The fourth-order valence-corrected chi connectivity index (χ4v) is 2.28. The fraction of sp³-hybridized carbons (Fsp3) is 0.286. The van der Waals surface area contributed by atoms with E-state index < -0.39 is 0 Å². The molecule has 0 saturated carbocycles. The van der Waals surface area contributed by atoms with Gasteiger partial charge in [-0.25, -0.2) is 4.39 Å². The zero-order chi connectivity index (χ0) is 13.1. The minimum absolute atomic E-state index is 0.180. The van der Waals surface area contributed by atoms with Crippen molar-refractivity contribution in [2.75, 3.05) is 7.05 Å². The molecule has 1 aromatic carbocycles. The summed E-state index contributed by atoms with van der Waals surface area (Å²) in [6.45, 7) is 2.64. The summed E-state index contributed by atoms with van der Waals surface area (Å²) in [7, 11) is 1.92. The second-order valence-corrected chi connectivity index (χ2v) is 5.22. The molecule has 0 bridgehead atoms. The third kappa shape index (κ3) is 2.82. The molecule has 1 N–H and O–H groups in total. The van der Waals surface area contributed by atoms with E-state index in [9.17, 15) is 4.39 Å².